The number of hydrogen-bond donors (Lipinski definition) is 3. The lowest BCUT2D eigenvalue weighted by Gasteiger charge is -2.37. The Bertz CT molecular complexity index is 564. The molecule has 0 unspecified atom stereocenters. The quantitative estimate of drug-likeness (QED) is 0.737. The zero-order chi connectivity index (χ0) is 14.8. The van der Waals surface area contributed by atoms with Gasteiger partial charge in [-0.1, -0.05) is 12.5 Å². The van der Waals surface area contributed by atoms with Crippen molar-refractivity contribution in [1.82, 2.24) is 5.32 Å². The van der Waals surface area contributed by atoms with Gasteiger partial charge in [-0.3, -0.25) is 14.4 Å². The summed E-state index contributed by atoms with van der Waals surface area (Å²) in [7, 11) is 0. The van der Waals surface area contributed by atoms with Crippen molar-refractivity contribution in [2.75, 3.05) is 6.54 Å². The highest BCUT2D eigenvalue weighted by molar-refractivity contribution is 5.99. The van der Waals surface area contributed by atoms with Gasteiger partial charge in [-0.15, -0.1) is 0 Å². The minimum atomic E-state index is -0.880. The number of rotatable bonds is 5. The third-order valence-electron chi connectivity index (χ3n) is 3.76. The van der Waals surface area contributed by atoms with Gasteiger partial charge in [0.2, 0.25) is 5.91 Å². The number of benzene rings is 1. The highest BCUT2D eigenvalue weighted by Gasteiger charge is 2.44. The first-order valence-corrected chi connectivity index (χ1v) is 6.36. The molecule has 6 nitrogen and oxygen atoms in total. The monoisotopic (exact) mass is 276 g/mol. The van der Waals surface area contributed by atoms with Crippen LogP contribution < -0.4 is 11.1 Å². The number of nitrogens with two attached hydrogens (primary N) is 1. The standard InChI is InChI=1S/C14H16N2O4/c15-11(17)9-3-1-4-10(7-9)12(18)16-8-14(13(19)20)5-2-6-14/h1,3-4,7H,2,5-6,8H2,(H2,15,17)(H,16,18)(H,19,20). The molecule has 2 rings (SSSR count). The molecule has 0 aliphatic heterocycles. The van der Waals surface area contributed by atoms with Crippen LogP contribution in [0.25, 0.3) is 0 Å². The normalized spacial score (nSPS) is 16.0. The molecule has 2 amide bonds. The first-order chi connectivity index (χ1) is 9.44. The molecule has 1 aromatic carbocycles. The van der Waals surface area contributed by atoms with Crippen molar-refractivity contribution in [3.05, 3.63) is 35.4 Å². The molecular formula is C14H16N2O4. The molecule has 20 heavy (non-hydrogen) atoms. The molecule has 0 radical (unpaired) electrons. The summed E-state index contributed by atoms with van der Waals surface area (Å²) in [5.41, 5.74) is 4.85. The number of carbonyl (C=O) groups excluding carboxylic acids is 2. The Morgan fingerprint density at radius 2 is 1.90 bits per heavy atom. The van der Waals surface area contributed by atoms with Crippen LogP contribution in [0.3, 0.4) is 0 Å². The molecule has 1 aromatic rings. The van der Waals surface area contributed by atoms with Crippen molar-refractivity contribution < 1.29 is 19.5 Å². The Morgan fingerprint density at radius 1 is 1.25 bits per heavy atom. The summed E-state index contributed by atoms with van der Waals surface area (Å²) in [6.07, 6.45) is 2.01. The smallest absolute Gasteiger partial charge is 0.311 e. The van der Waals surface area contributed by atoms with Crippen molar-refractivity contribution >= 4 is 17.8 Å². The number of hydrogen-bond acceptors (Lipinski definition) is 3. The summed E-state index contributed by atoms with van der Waals surface area (Å²) in [5.74, 6) is -1.89. The molecule has 6 heteroatoms. The highest BCUT2D eigenvalue weighted by Crippen LogP contribution is 2.40. The molecular weight excluding hydrogens is 260 g/mol. The largest absolute Gasteiger partial charge is 0.481 e. The molecule has 0 bridgehead atoms. The van der Waals surface area contributed by atoms with Crippen LogP contribution in [0.15, 0.2) is 24.3 Å². The second-order valence-corrected chi connectivity index (χ2v) is 5.07. The lowest BCUT2D eigenvalue weighted by atomic mass is 9.69. The Morgan fingerprint density at radius 3 is 2.40 bits per heavy atom. The fourth-order valence-electron chi connectivity index (χ4n) is 2.24. The number of carboxylic acid groups (broad SMARTS) is 1. The average molecular weight is 276 g/mol. The van der Waals surface area contributed by atoms with Gasteiger partial charge in [0.05, 0.1) is 5.41 Å². The van der Waals surface area contributed by atoms with Crippen molar-refractivity contribution in [2.45, 2.75) is 19.3 Å². The molecule has 1 saturated carbocycles. The summed E-state index contributed by atoms with van der Waals surface area (Å²) in [5, 5.41) is 11.8. The number of amides is 2. The molecule has 1 aliphatic rings. The number of nitrogens with one attached hydrogen (secondary N) is 1. The van der Waals surface area contributed by atoms with Gasteiger partial charge in [-0.2, -0.15) is 0 Å². The second-order valence-electron chi connectivity index (χ2n) is 5.07. The Labute approximate surface area is 116 Å². The minimum absolute atomic E-state index is 0.0992. The third kappa shape index (κ3) is 2.64. The van der Waals surface area contributed by atoms with E-state index in [2.05, 4.69) is 5.32 Å². The fraction of sp³-hybridized carbons (Fsp3) is 0.357. The van der Waals surface area contributed by atoms with Crippen LogP contribution in [0.1, 0.15) is 40.0 Å². The zero-order valence-electron chi connectivity index (χ0n) is 10.9. The Hall–Kier alpha value is -2.37. The van der Waals surface area contributed by atoms with Gasteiger partial charge in [0, 0.05) is 17.7 Å². The number of carbonyl (C=O) groups is 3. The van der Waals surface area contributed by atoms with E-state index in [4.69, 9.17) is 5.73 Å². The van der Waals surface area contributed by atoms with E-state index in [0.29, 0.717) is 18.4 Å². The van der Waals surface area contributed by atoms with E-state index in [1.807, 2.05) is 0 Å². The molecule has 0 aromatic heterocycles. The molecule has 0 spiro atoms. The van der Waals surface area contributed by atoms with E-state index in [-0.39, 0.29) is 12.1 Å². The third-order valence-corrected chi connectivity index (χ3v) is 3.76. The maximum atomic E-state index is 12.0. The summed E-state index contributed by atoms with van der Waals surface area (Å²) in [4.78, 5) is 34.2. The van der Waals surface area contributed by atoms with E-state index in [1.54, 1.807) is 12.1 Å². The maximum Gasteiger partial charge on any atom is 0.311 e. The van der Waals surface area contributed by atoms with Gasteiger partial charge in [0.1, 0.15) is 0 Å². The zero-order valence-corrected chi connectivity index (χ0v) is 10.9. The summed E-state index contributed by atoms with van der Waals surface area (Å²) in [6.45, 7) is 0.0992. The molecule has 106 valence electrons. The molecule has 1 fully saturated rings. The van der Waals surface area contributed by atoms with Gasteiger partial charge < -0.3 is 16.2 Å². The van der Waals surface area contributed by atoms with Gasteiger partial charge in [-0.25, -0.2) is 0 Å². The predicted molar refractivity (Wildman–Crippen MR) is 71.2 cm³/mol. The lowest BCUT2D eigenvalue weighted by molar-refractivity contribution is -0.153. The van der Waals surface area contributed by atoms with E-state index in [1.165, 1.54) is 12.1 Å². The van der Waals surface area contributed by atoms with Gasteiger partial charge in [0.25, 0.3) is 5.91 Å². The maximum absolute atomic E-state index is 12.0. The van der Waals surface area contributed by atoms with Crippen molar-refractivity contribution in [3.8, 4) is 0 Å². The van der Waals surface area contributed by atoms with Crippen LogP contribution in [-0.4, -0.2) is 29.4 Å². The highest BCUT2D eigenvalue weighted by atomic mass is 16.4. The molecule has 4 N–H and O–H groups in total. The first kappa shape index (κ1) is 14.0. The van der Waals surface area contributed by atoms with Crippen molar-refractivity contribution in [2.24, 2.45) is 11.1 Å². The number of carboxylic acids is 1. The number of aliphatic carboxylic acids is 1. The van der Waals surface area contributed by atoms with Crippen LogP contribution in [0.4, 0.5) is 0 Å². The van der Waals surface area contributed by atoms with Crippen LogP contribution in [-0.2, 0) is 4.79 Å². The molecule has 0 heterocycles. The van der Waals surface area contributed by atoms with Crippen molar-refractivity contribution in [3.63, 3.8) is 0 Å². The summed E-state index contributed by atoms with van der Waals surface area (Å²) < 4.78 is 0. The second kappa shape index (κ2) is 5.32. The van der Waals surface area contributed by atoms with Gasteiger partial charge in [0.15, 0.2) is 0 Å². The number of primary amides is 1. The molecule has 0 saturated heterocycles. The minimum Gasteiger partial charge on any atom is -0.481 e. The van der Waals surface area contributed by atoms with E-state index in [9.17, 15) is 19.5 Å². The van der Waals surface area contributed by atoms with Crippen LogP contribution >= 0.6 is 0 Å². The van der Waals surface area contributed by atoms with E-state index in [0.717, 1.165) is 6.42 Å². The SMILES string of the molecule is NC(=O)c1cccc(C(=O)NCC2(C(=O)O)CCC2)c1. The lowest BCUT2D eigenvalue weighted by Crippen LogP contribution is -2.47. The molecule has 0 atom stereocenters. The topological polar surface area (TPSA) is 109 Å². The Balaban J connectivity index is 2.03. The van der Waals surface area contributed by atoms with Crippen molar-refractivity contribution in [1.29, 1.82) is 0 Å². The summed E-state index contributed by atoms with van der Waals surface area (Å²) >= 11 is 0. The van der Waals surface area contributed by atoms with E-state index < -0.39 is 23.2 Å². The van der Waals surface area contributed by atoms with Crippen LogP contribution in [0.5, 0.6) is 0 Å². The average Bonchev–Trinajstić information content (AvgIpc) is 2.37. The van der Waals surface area contributed by atoms with E-state index >= 15 is 0 Å². The summed E-state index contributed by atoms with van der Waals surface area (Å²) in [6, 6.07) is 6.02. The van der Waals surface area contributed by atoms with Gasteiger partial charge in [-0.05, 0) is 31.0 Å². The molecule has 1 aliphatic carbocycles. The van der Waals surface area contributed by atoms with Gasteiger partial charge >= 0.3 is 5.97 Å². The first-order valence-electron chi connectivity index (χ1n) is 6.36. The fourth-order valence-corrected chi connectivity index (χ4v) is 2.24. The Kier molecular flexibility index (Phi) is 3.74. The van der Waals surface area contributed by atoms with Crippen LogP contribution in [0.2, 0.25) is 0 Å². The van der Waals surface area contributed by atoms with Crippen LogP contribution in [0, 0.1) is 5.41 Å². The predicted octanol–water partition coefficient (Wildman–Crippen LogP) is 0.770.